The summed E-state index contributed by atoms with van der Waals surface area (Å²) in [6.07, 6.45) is 7.59. The third kappa shape index (κ3) is 6.37. The maximum Gasteiger partial charge on any atom is 0.144 e. The molecule has 7 heteroatoms. The second kappa shape index (κ2) is 10.9. The summed E-state index contributed by atoms with van der Waals surface area (Å²) in [5.74, 6) is 0.485. The molecular weight excluding hydrogens is 393 g/mol. The van der Waals surface area contributed by atoms with E-state index in [9.17, 15) is 9.50 Å². The Morgan fingerprint density at radius 3 is 2.71 bits per heavy atom. The standard InChI is InChI=1S/C24H36FN5O/c1-4-18(29-19-8-6-5-7-9-19)10-11-27-24-20(23(26)28-16(3)31)13-17-12-15(2)21(25)14-22(17)30-24/h12-14,16,18-19,29,31H,4-11H2,1-3H3,(H2,26,28)(H,27,30). The highest BCUT2D eigenvalue weighted by atomic mass is 19.1. The van der Waals surface area contributed by atoms with Gasteiger partial charge >= 0.3 is 0 Å². The van der Waals surface area contributed by atoms with Crippen LogP contribution in [0.5, 0.6) is 0 Å². The van der Waals surface area contributed by atoms with Crippen LogP contribution in [0.2, 0.25) is 0 Å². The van der Waals surface area contributed by atoms with E-state index in [2.05, 4.69) is 27.5 Å². The van der Waals surface area contributed by atoms with Gasteiger partial charge in [-0.05, 0) is 57.2 Å². The van der Waals surface area contributed by atoms with E-state index >= 15 is 0 Å². The van der Waals surface area contributed by atoms with E-state index in [1.807, 2.05) is 6.07 Å². The fourth-order valence-corrected chi connectivity index (χ4v) is 4.28. The Bertz CT molecular complexity index is 908. The summed E-state index contributed by atoms with van der Waals surface area (Å²) in [5, 5.41) is 17.6. The molecule has 1 saturated carbocycles. The summed E-state index contributed by atoms with van der Waals surface area (Å²) >= 11 is 0. The zero-order valence-corrected chi connectivity index (χ0v) is 18.9. The van der Waals surface area contributed by atoms with Crippen LogP contribution in [0.4, 0.5) is 10.2 Å². The highest BCUT2D eigenvalue weighted by Gasteiger charge is 2.18. The molecule has 0 saturated heterocycles. The molecule has 0 aliphatic heterocycles. The number of nitrogens with zero attached hydrogens (tertiary/aromatic N) is 2. The molecule has 2 unspecified atom stereocenters. The van der Waals surface area contributed by atoms with Crippen molar-refractivity contribution >= 4 is 22.6 Å². The van der Waals surface area contributed by atoms with E-state index in [4.69, 9.17) is 5.73 Å². The lowest BCUT2D eigenvalue weighted by atomic mass is 9.94. The number of aromatic nitrogens is 1. The van der Waals surface area contributed by atoms with E-state index in [1.165, 1.54) is 38.2 Å². The Balaban J connectivity index is 1.77. The first-order valence-corrected chi connectivity index (χ1v) is 11.5. The minimum atomic E-state index is -0.914. The molecule has 0 spiro atoms. The first-order valence-electron chi connectivity index (χ1n) is 11.5. The second-order valence-corrected chi connectivity index (χ2v) is 8.65. The van der Waals surface area contributed by atoms with Crippen molar-refractivity contribution in [1.82, 2.24) is 10.3 Å². The van der Waals surface area contributed by atoms with Gasteiger partial charge in [0.25, 0.3) is 0 Å². The van der Waals surface area contributed by atoms with Gasteiger partial charge in [-0.2, -0.15) is 0 Å². The Morgan fingerprint density at radius 1 is 1.29 bits per heavy atom. The molecule has 1 fully saturated rings. The molecule has 5 N–H and O–H groups in total. The predicted molar refractivity (Wildman–Crippen MR) is 126 cm³/mol. The smallest absolute Gasteiger partial charge is 0.144 e. The average Bonchev–Trinajstić information content (AvgIpc) is 2.73. The summed E-state index contributed by atoms with van der Waals surface area (Å²) < 4.78 is 14.1. The molecule has 1 aliphatic rings. The van der Waals surface area contributed by atoms with Crippen molar-refractivity contribution in [3.63, 3.8) is 0 Å². The van der Waals surface area contributed by atoms with Crippen molar-refractivity contribution in [1.29, 1.82) is 0 Å². The zero-order chi connectivity index (χ0) is 22.4. The molecule has 6 nitrogen and oxygen atoms in total. The number of rotatable bonds is 9. The number of benzene rings is 1. The number of aliphatic hydroxyl groups is 1. The van der Waals surface area contributed by atoms with Gasteiger partial charge in [-0.15, -0.1) is 0 Å². The molecule has 1 aliphatic carbocycles. The number of aryl methyl sites for hydroxylation is 1. The van der Waals surface area contributed by atoms with Crippen LogP contribution in [0.3, 0.4) is 0 Å². The van der Waals surface area contributed by atoms with Crippen molar-refractivity contribution in [3.8, 4) is 0 Å². The Labute approximate surface area is 184 Å². The lowest BCUT2D eigenvalue weighted by Crippen LogP contribution is -2.40. The van der Waals surface area contributed by atoms with Crippen molar-refractivity contribution in [2.24, 2.45) is 10.7 Å². The molecule has 1 heterocycles. The maximum absolute atomic E-state index is 14.1. The van der Waals surface area contributed by atoms with Gasteiger partial charge < -0.3 is 21.5 Å². The molecule has 31 heavy (non-hydrogen) atoms. The molecule has 1 aromatic carbocycles. The third-order valence-electron chi connectivity index (χ3n) is 6.05. The van der Waals surface area contributed by atoms with Crippen LogP contribution >= 0.6 is 0 Å². The van der Waals surface area contributed by atoms with Crippen LogP contribution in [0.1, 0.15) is 69.9 Å². The van der Waals surface area contributed by atoms with Gasteiger partial charge in [0.05, 0.1) is 11.1 Å². The van der Waals surface area contributed by atoms with E-state index in [1.54, 1.807) is 19.9 Å². The van der Waals surface area contributed by atoms with Crippen molar-refractivity contribution < 1.29 is 9.50 Å². The third-order valence-corrected chi connectivity index (χ3v) is 6.05. The molecular formula is C24H36FN5O. The summed E-state index contributed by atoms with van der Waals surface area (Å²) in [4.78, 5) is 8.71. The molecule has 2 atom stereocenters. The normalized spacial score (nSPS) is 17.6. The number of hydrogen-bond donors (Lipinski definition) is 4. The van der Waals surface area contributed by atoms with E-state index < -0.39 is 6.23 Å². The SMILES string of the molecule is CCC(CCNc1nc2cc(F)c(C)cc2cc1/C(N)=N/C(C)O)NC1CCCCC1. The number of amidine groups is 1. The van der Waals surface area contributed by atoms with Crippen LogP contribution in [0.25, 0.3) is 10.9 Å². The Hall–Kier alpha value is -2.25. The number of hydrogen-bond acceptors (Lipinski definition) is 5. The number of aliphatic hydroxyl groups excluding tert-OH is 1. The molecule has 0 amide bonds. The molecule has 0 radical (unpaired) electrons. The van der Waals surface area contributed by atoms with Gasteiger partial charge in [0.2, 0.25) is 0 Å². The van der Waals surface area contributed by atoms with Crippen molar-refractivity contribution in [2.45, 2.75) is 84.0 Å². The van der Waals surface area contributed by atoms with Crippen LogP contribution in [0.15, 0.2) is 23.2 Å². The summed E-state index contributed by atoms with van der Waals surface area (Å²) in [7, 11) is 0. The number of anilines is 1. The zero-order valence-electron chi connectivity index (χ0n) is 18.9. The van der Waals surface area contributed by atoms with Gasteiger partial charge in [0.1, 0.15) is 23.7 Å². The fraction of sp³-hybridized carbons (Fsp3) is 0.583. The number of pyridine rings is 1. The molecule has 0 bridgehead atoms. The minimum Gasteiger partial charge on any atom is -0.383 e. The number of aliphatic imine (C=N–C) groups is 1. The fourth-order valence-electron chi connectivity index (χ4n) is 4.28. The van der Waals surface area contributed by atoms with E-state index in [0.29, 0.717) is 41.1 Å². The summed E-state index contributed by atoms with van der Waals surface area (Å²) in [6, 6.07) is 6.11. The second-order valence-electron chi connectivity index (χ2n) is 8.65. The monoisotopic (exact) mass is 429 g/mol. The van der Waals surface area contributed by atoms with Crippen molar-refractivity contribution in [3.05, 3.63) is 35.1 Å². The quantitative estimate of drug-likeness (QED) is 0.353. The van der Waals surface area contributed by atoms with Crippen molar-refractivity contribution in [2.75, 3.05) is 11.9 Å². The lowest BCUT2D eigenvalue weighted by molar-refractivity contribution is 0.205. The topological polar surface area (TPSA) is 95.6 Å². The highest BCUT2D eigenvalue weighted by molar-refractivity contribution is 6.04. The van der Waals surface area contributed by atoms with Crippen LogP contribution < -0.4 is 16.4 Å². The van der Waals surface area contributed by atoms with Crippen LogP contribution in [-0.4, -0.2) is 40.8 Å². The summed E-state index contributed by atoms with van der Waals surface area (Å²) in [5.41, 5.74) is 7.89. The first kappa shape index (κ1) is 23.4. The van der Waals surface area contributed by atoms with Gasteiger partial charge in [-0.25, -0.2) is 14.4 Å². The number of nitrogens with two attached hydrogens (primary N) is 1. The average molecular weight is 430 g/mol. The molecule has 1 aromatic heterocycles. The predicted octanol–water partition coefficient (Wildman–Crippen LogP) is 4.23. The molecule has 2 aromatic rings. The maximum atomic E-state index is 14.1. The van der Waals surface area contributed by atoms with Gasteiger partial charge in [-0.3, -0.25) is 0 Å². The van der Waals surface area contributed by atoms with E-state index in [0.717, 1.165) is 18.2 Å². The Kier molecular flexibility index (Phi) is 8.21. The van der Waals surface area contributed by atoms with Crippen LogP contribution in [0, 0.1) is 12.7 Å². The number of nitrogens with one attached hydrogen (secondary N) is 2. The van der Waals surface area contributed by atoms with Gasteiger partial charge in [-0.1, -0.05) is 26.2 Å². The summed E-state index contributed by atoms with van der Waals surface area (Å²) in [6.45, 7) is 6.19. The minimum absolute atomic E-state index is 0.209. The highest BCUT2D eigenvalue weighted by Crippen LogP contribution is 2.24. The van der Waals surface area contributed by atoms with E-state index in [-0.39, 0.29) is 11.7 Å². The van der Waals surface area contributed by atoms with Crippen LogP contribution in [-0.2, 0) is 0 Å². The number of fused-ring (bicyclic) bond motifs is 1. The first-order chi connectivity index (χ1) is 14.9. The van der Waals surface area contributed by atoms with Gasteiger partial charge in [0.15, 0.2) is 0 Å². The number of halogens is 1. The molecule has 170 valence electrons. The Morgan fingerprint density at radius 2 is 2.03 bits per heavy atom. The molecule has 3 rings (SSSR count). The lowest BCUT2D eigenvalue weighted by Gasteiger charge is -2.28. The van der Waals surface area contributed by atoms with Gasteiger partial charge in [0, 0.05) is 30.1 Å². The largest absolute Gasteiger partial charge is 0.383 e.